The molecule has 94 valence electrons. The van der Waals surface area contributed by atoms with E-state index in [0.29, 0.717) is 0 Å². The van der Waals surface area contributed by atoms with Crippen molar-refractivity contribution < 1.29 is 18.8 Å². The van der Waals surface area contributed by atoms with Crippen molar-refractivity contribution in [1.82, 2.24) is 0 Å². The van der Waals surface area contributed by atoms with E-state index in [-0.39, 0.29) is 17.8 Å². The quantitative estimate of drug-likeness (QED) is 0.792. The number of benzene rings is 1. The minimum Gasteiger partial charge on any atom is -0.369 e. The molecule has 0 aromatic heterocycles. The van der Waals surface area contributed by atoms with E-state index < -0.39 is 29.3 Å². The average Bonchev–Trinajstić information content (AvgIpc) is 2.54. The third-order valence-corrected chi connectivity index (χ3v) is 2.88. The molecule has 0 spiro atoms. The number of carbonyl (C=O) groups is 3. The van der Waals surface area contributed by atoms with E-state index in [9.17, 15) is 18.8 Å². The summed E-state index contributed by atoms with van der Waals surface area (Å²) in [5.41, 5.74) is 5.45. The van der Waals surface area contributed by atoms with Gasteiger partial charge in [0.1, 0.15) is 5.82 Å². The van der Waals surface area contributed by atoms with Crippen molar-refractivity contribution >= 4 is 23.3 Å². The first kappa shape index (κ1) is 12.2. The zero-order chi connectivity index (χ0) is 13.4. The van der Waals surface area contributed by atoms with E-state index in [1.165, 1.54) is 13.0 Å². The van der Waals surface area contributed by atoms with Gasteiger partial charge >= 0.3 is 0 Å². The number of hydrogen-bond acceptors (Lipinski definition) is 3. The van der Waals surface area contributed by atoms with E-state index in [1.807, 2.05) is 0 Å². The lowest BCUT2D eigenvalue weighted by Crippen LogP contribution is -2.38. The summed E-state index contributed by atoms with van der Waals surface area (Å²) in [4.78, 5) is 35.4. The lowest BCUT2D eigenvalue weighted by Gasteiger charge is -2.19. The normalized spacial score (nSPS) is 15.8. The predicted molar refractivity (Wildman–Crippen MR) is 61.4 cm³/mol. The first-order chi connectivity index (χ1) is 8.41. The van der Waals surface area contributed by atoms with Gasteiger partial charge in [-0.2, -0.15) is 0 Å². The molecule has 0 saturated carbocycles. The van der Waals surface area contributed by atoms with Crippen LogP contribution in [-0.4, -0.2) is 24.1 Å². The van der Waals surface area contributed by atoms with Crippen LogP contribution in [0.25, 0.3) is 0 Å². The average molecular weight is 250 g/mol. The molecule has 2 amide bonds. The topological polar surface area (TPSA) is 80.5 Å². The number of amides is 2. The summed E-state index contributed by atoms with van der Waals surface area (Å²) in [5.74, 6) is -3.20. The summed E-state index contributed by atoms with van der Waals surface area (Å²) in [6.45, 7) is 1.51. The number of fused-ring (bicyclic) bond motifs is 1. The van der Waals surface area contributed by atoms with Crippen molar-refractivity contribution in [3.8, 4) is 0 Å². The molecule has 1 aromatic carbocycles. The number of carbonyl (C=O) groups excluding carboxylic acids is 3. The molecular formula is C12H11FN2O3. The van der Waals surface area contributed by atoms with Crippen molar-refractivity contribution in [2.45, 2.75) is 6.92 Å². The molecule has 1 heterocycles. The Kier molecular flexibility index (Phi) is 2.86. The molecule has 2 N–H and O–H groups in total. The van der Waals surface area contributed by atoms with Gasteiger partial charge in [-0.3, -0.25) is 14.4 Å². The Morgan fingerprint density at radius 1 is 1.44 bits per heavy atom. The van der Waals surface area contributed by atoms with E-state index in [4.69, 9.17) is 5.73 Å². The third-order valence-electron chi connectivity index (χ3n) is 2.88. The summed E-state index contributed by atoms with van der Waals surface area (Å²) < 4.78 is 13.1. The molecule has 0 radical (unpaired) electrons. The number of Topliss-reactive ketones (excluding diaryl/α,β-unsaturated/α-hetero) is 1. The van der Waals surface area contributed by atoms with Gasteiger partial charge in [0.25, 0.3) is 11.7 Å². The van der Waals surface area contributed by atoms with Gasteiger partial charge in [-0.05, 0) is 18.2 Å². The highest BCUT2D eigenvalue weighted by molar-refractivity contribution is 6.52. The minimum absolute atomic E-state index is 0.0314. The molecule has 1 atom stereocenters. The van der Waals surface area contributed by atoms with Crippen LogP contribution >= 0.6 is 0 Å². The van der Waals surface area contributed by atoms with Gasteiger partial charge in [-0.1, -0.05) is 6.92 Å². The van der Waals surface area contributed by atoms with Crippen LogP contribution in [0.15, 0.2) is 18.2 Å². The molecule has 0 saturated heterocycles. The molecule has 1 aromatic rings. The zero-order valence-corrected chi connectivity index (χ0v) is 9.64. The largest absolute Gasteiger partial charge is 0.369 e. The molecule has 0 fully saturated rings. The van der Waals surface area contributed by atoms with Crippen LogP contribution in [0.3, 0.4) is 0 Å². The monoisotopic (exact) mass is 250 g/mol. The smallest absolute Gasteiger partial charge is 0.299 e. The maximum Gasteiger partial charge on any atom is 0.299 e. The second kappa shape index (κ2) is 4.21. The Hall–Kier alpha value is -2.24. The number of hydrogen-bond donors (Lipinski definition) is 1. The number of rotatable bonds is 3. The van der Waals surface area contributed by atoms with Gasteiger partial charge < -0.3 is 10.6 Å². The molecule has 0 bridgehead atoms. The van der Waals surface area contributed by atoms with Crippen molar-refractivity contribution in [3.05, 3.63) is 29.6 Å². The Morgan fingerprint density at radius 2 is 2.11 bits per heavy atom. The lowest BCUT2D eigenvalue weighted by atomic mass is 10.1. The second-order valence-electron chi connectivity index (χ2n) is 4.21. The summed E-state index contributed by atoms with van der Waals surface area (Å²) in [5, 5.41) is 0. The number of ketones is 1. The van der Waals surface area contributed by atoms with Crippen LogP contribution in [0.1, 0.15) is 17.3 Å². The number of nitrogens with zero attached hydrogens (tertiary/aromatic N) is 1. The van der Waals surface area contributed by atoms with Crippen molar-refractivity contribution in [2.24, 2.45) is 11.7 Å². The summed E-state index contributed by atoms with van der Waals surface area (Å²) in [7, 11) is 0. The highest BCUT2D eigenvalue weighted by Gasteiger charge is 2.37. The van der Waals surface area contributed by atoms with Gasteiger partial charge in [0, 0.05) is 6.54 Å². The maximum absolute atomic E-state index is 13.1. The van der Waals surface area contributed by atoms with Gasteiger partial charge in [0.2, 0.25) is 5.91 Å². The summed E-state index contributed by atoms with van der Waals surface area (Å²) in [6, 6.07) is 3.48. The number of halogens is 1. The first-order valence-electron chi connectivity index (χ1n) is 5.37. The highest BCUT2D eigenvalue weighted by Crippen LogP contribution is 2.30. The Balaban J connectivity index is 2.39. The molecule has 2 rings (SSSR count). The molecule has 5 nitrogen and oxygen atoms in total. The fourth-order valence-electron chi connectivity index (χ4n) is 1.81. The van der Waals surface area contributed by atoms with Gasteiger partial charge in [0.15, 0.2) is 0 Å². The van der Waals surface area contributed by atoms with Crippen LogP contribution in [0.5, 0.6) is 0 Å². The summed E-state index contributed by atoms with van der Waals surface area (Å²) >= 11 is 0. The molecule has 6 heteroatoms. The predicted octanol–water partition coefficient (Wildman–Crippen LogP) is 0.476. The van der Waals surface area contributed by atoms with Crippen LogP contribution in [0.2, 0.25) is 0 Å². The Labute approximate surface area is 102 Å². The van der Waals surface area contributed by atoms with Crippen LogP contribution in [0, 0.1) is 11.7 Å². The Bertz CT molecular complexity index is 556. The van der Waals surface area contributed by atoms with Crippen molar-refractivity contribution in [2.75, 3.05) is 11.4 Å². The van der Waals surface area contributed by atoms with E-state index in [2.05, 4.69) is 0 Å². The third kappa shape index (κ3) is 1.85. The minimum atomic E-state index is -0.760. The Morgan fingerprint density at radius 3 is 2.72 bits per heavy atom. The number of primary amides is 1. The van der Waals surface area contributed by atoms with Gasteiger partial charge in [0.05, 0.1) is 17.2 Å². The second-order valence-corrected chi connectivity index (χ2v) is 4.21. The molecule has 1 unspecified atom stereocenters. The SMILES string of the molecule is CC(CN1C(=O)C(=O)c2ccc(F)cc21)C(N)=O. The number of anilines is 1. The zero-order valence-electron chi connectivity index (χ0n) is 9.64. The standard InChI is InChI=1S/C12H11FN2O3/c1-6(11(14)17)5-15-9-4-7(13)2-3-8(9)10(16)12(15)18/h2-4,6H,5H2,1H3,(H2,14,17). The fourth-order valence-corrected chi connectivity index (χ4v) is 1.81. The van der Waals surface area contributed by atoms with E-state index in [0.717, 1.165) is 17.0 Å². The molecule has 18 heavy (non-hydrogen) atoms. The summed E-state index contributed by atoms with van der Waals surface area (Å²) in [6.07, 6.45) is 0. The van der Waals surface area contributed by atoms with Crippen LogP contribution < -0.4 is 10.6 Å². The lowest BCUT2D eigenvalue weighted by molar-refractivity contribution is -0.121. The van der Waals surface area contributed by atoms with E-state index in [1.54, 1.807) is 0 Å². The van der Waals surface area contributed by atoms with Gasteiger partial charge in [-0.15, -0.1) is 0 Å². The maximum atomic E-state index is 13.1. The number of nitrogens with two attached hydrogens (primary N) is 1. The van der Waals surface area contributed by atoms with Gasteiger partial charge in [-0.25, -0.2) is 4.39 Å². The fraction of sp³-hybridized carbons (Fsp3) is 0.250. The highest BCUT2D eigenvalue weighted by atomic mass is 19.1. The first-order valence-corrected chi connectivity index (χ1v) is 5.37. The van der Waals surface area contributed by atoms with Crippen molar-refractivity contribution in [1.29, 1.82) is 0 Å². The molecule has 0 aliphatic carbocycles. The molecule has 1 aliphatic rings. The molecular weight excluding hydrogens is 239 g/mol. The van der Waals surface area contributed by atoms with Crippen LogP contribution in [-0.2, 0) is 9.59 Å². The van der Waals surface area contributed by atoms with E-state index >= 15 is 0 Å². The van der Waals surface area contributed by atoms with Crippen molar-refractivity contribution in [3.63, 3.8) is 0 Å². The molecule has 1 aliphatic heterocycles. The van der Waals surface area contributed by atoms with Crippen LogP contribution in [0.4, 0.5) is 10.1 Å².